The SMILES string of the molecule is COc1ccccc1[C@H](c1cccc2ccccc12)C(C)(C#N)C(=O)N1CCN(c2ccc(C)c(C)c2)CC1. The summed E-state index contributed by atoms with van der Waals surface area (Å²) in [4.78, 5) is 18.6. The molecule has 1 saturated heterocycles. The van der Waals surface area contributed by atoms with E-state index in [0.29, 0.717) is 18.8 Å². The first kappa shape index (κ1) is 26.3. The van der Waals surface area contributed by atoms with E-state index in [1.165, 1.54) is 16.8 Å². The molecule has 198 valence electrons. The Bertz CT molecular complexity index is 1540. The summed E-state index contributed by atoms with van der Waals surface area (Å²) in [5.74, 6) is 0.00729. The van der Waals surface area contributed by atoms with E-state index in [2.05, 4.69) is 61.2 Å². The van der Waals surface area contributed by atoms with Crippen molar-refractivity contribution in [1.82, 2.24) is 4.90 Å². The number of rotatable bonds is 6. The van der Waals surface area contributed by atoms with E-state index in [1.807, 2.05) is 53.4 Å². The Kier molecular flexibility index (Phi) is 7.30. The average Bonchev–Trinajstić information content (AvgIpc) is 2.98. The highest BCUT2D eigenvalue weighted by Crippen LogP contribution is 2.47. The van der Waals surface area contributed by atoms with Crippen LogP contribution in [-0.2, 0) is 4.79 Å². The van der Waals surface area contributed by atoms with Crippen molar-refractivity contribution >= 4 is 22.4 Å². The molecule has 0 saturated carbocycles. The first-order valence-corrected chi connectivity index (χ1v) is 13.5. The van der Waals surface area contributed by atoms with E-state index in [1.54, 1.807) is 14.0 Å². The zero-order valence-corrected chi connectivity index (χ0v) is 23.1. The molecule has 0 aliphatic carbocycles. The Morgan fingerprint density at radius 1 is 0.872 bits per heavy atom. The smallest absolute Gasteiger partial charge is 0.243 e. The van der Waals surface area contributed by atoms with Crippen LogP contribution in [0.2, 0.25) is 0 Å². The van der Waals surface area contributed by atoms with Crippen LogP contribution < -0.4 is 9.64 Å². The van der Waals surface area contributed by atoms with Crippen molar-refractivity contribution in [1.29, 1.82) is 5.26 Å². The third-order valence-electron chi connectivity index (χ3n) is 8.26. The van der Waals surface area contributed by atoms with Gasteiger partial charge in [-0.15, -0.1) is 0 Å². The summed E-state index contributed by atoms with van der Waals surface area (Å²) in [6, 6.07) is 31.0. The summed E-state index contributed by atoms with van der Waals surface area (Å²) in [6.07, 6.45) is 0. The number of benzene rings is 4. The van der Waals surface area contributed by atoms with Gasteiger partial charge in [0.05, 0.1) is 13.2 Å². The van der Waals surface area contributed by atoms with Crippen LogP contribution in [0.15, 0.2) is 84.9 Å². The second-order valence-electron chi connectivity index (χ2n) is 10.6. The number of methoxy groups -OCH3 is 1. The van der Waals surface area contributed by atoms with Crippen LogP contribution in [0.1, 0.15) is 35.1 Å². The highest BCUT2D eigenvalue weighted by atomic mass is 16.5. The Balaban J connectivity index is 1.53. The minimum Gasteiger partial charge on any atom is -0.496 e. The topological polar surface area (TPSA) is 56.6 Å². The molecule has 5 nitrogen and oxygen atoms in total. The monoisotopic (exact) mass is 517 g/mol. The fourth-order valence-corrected chi connectivity index (χ4v) is 5.85. The van der Waals surface area contributed by atoms with Crippen molar-refractivity contribution in [3.05, 3.63) is 107 Å². The lowest BCUT2D eigenvalue weighted by Gasteiger charge is -2.41. The van der Waals surface area contributed by atoms with Crippen LogP contribution in [-0.4, -0.2) is 44.1 Å². The van der Waals surface area contributed by atoms with Gasteiger partial charge in [-0.3, -0.25) is 4.79 Å². The second kappa shape index (κ2) is 10.8. The number of amides is 1. The average molecular weight is 518 g/mol. The number of fused-ring (bicyclic) bond motifs is 1. The molecule has 2 atom stereocenters. The lowest BCUT2D eigenvalue weighted by Crippen LogP contribution is -2.53. The molecule has 1 fully saturated rings. The van der Waals surface area contributed by atoms with E-state index in [0.717, 1.165) is 35.0 Å². The first-order valence-electron chi connectivity index (χ1n) is 13.5. The Labute approximate surface area is 231 Å². The summed E-state index contributed by atoms with van der Waals surface area (Å²) in [7, 11) is 1.64. The first-order chi connectivity index (χ1) is 18.9. The maximum Gasteiger partial charge on any atom is 0.243 e. The predicted molar refractivity (Wildman–Crippen MR) is 157 cm³/mol. The molecule has 5 rings (SSSR count). The molecule has 0 N–H and O–H groups in total. The van der Waals surface area contributed by atoms with Crippen molar-refractivity contribution in [2.75, 3.05) is 38.2 Å². The van der Waals surface area contributed by atoms with Crippen molar-refractivity contribution in [2.24, 2.45) is 5.41 Å². The number of piperazine rings is 1. The van der Waals surface area contributed by atoms with Gasteiger partial charge < -0.3 is 14.5 Å². The third-order valence-corrected chi connectivity index (χ3v) is 8.26. The van der Waals surface area contributed by atoms with Gasteiger partial charge in [0.15, 0.2) is 0 Å². The minimum atomic E-state index is -1.35. The van der Waals surface area contributed by atoms with Gasteiger partial charge in [0, 0.05) is 43.3 Å². The number of para-hydroxylation sites is 1. The van der Waals surface area contributed by atoms with Crippen molar-refractivity contribution in [2.45, 2.75) is 26.7 Å². The van der Waals surface area contributed by atoms with Crippen LogP contribution in [0.25, 0.3) is 10.8 Å². The number of carbonyl (C=O) groups excluding carboxylic acids is 1. The summed E-state index contributed by atoms with van der Waals surface area (Å²) in [6.45, 7) is 8.62. The largest absolute Gasteiger partial charge is 0.496 e. The number of anilines is 1. The van der Waals surface area contributed by atoms with Crippen LogP contribution in [0.3, 0.4) is 0 Å². The Hall–Kier alpha value is -4.30. The van der Waals surface area contributed by atoms with Gasteiger partial charge in [0.25, 0.3) is 0 Å². The Morgan fingerprint density at radius 2 is 1.54 bits per heavy atom. The number of hydrogen-bond acceptors (Lipinski definition) is 4. The molecule has 4 aromatic carbocycles. The Morgan fingerprint density at radius 3 is 2.26 bits per heavy atom. The van der Waals surface area contributed by atoms with Gasteiger partial charge in [-0.1, -0.05) is 66.7 Å². The van der Waals surface area contributed by atoms with Gasteiger partial charge in [-0.05, 0) is 66.4 Å². The van der Waals surface area contributed by atoms with Crippen LogP contribution in [0, 0.1) is 30.6 Å². The molecule has 0 spiro atoms. The third kappa shape index (κ3) is 4.83. The van der Waals surface area contributed by atoms with E-state index in [-0.39, 0.29) is 5.91 Å². The molecule has 1 amide bonds. The number of aryl methyl sites for hydroxylation is 2. The van der Waals surface area contributed by atoms with E-state index < -0.39 is 11.3 Å². The van der Waals surface area contributed by atoms with Crippen LogP contribution >= 0.6 is 0 Å². The van der Waals surface area contributed by atoms with Gasteiger partial charge in [-0.2, -0.15) is 5.26 Å². The quantitative estimate of drug-likeness (QED) is 0.294. The second-order valence-corrected chi connectivity index (χ2v) is 10.6. The summed E-state index contributed by atoms with van der Waals surface area (Å²) >= 11 is 0. The lowest BCUT2D eigenvalue weighted by atomic mass is 9.68. The minimum absolute atomic E-state index is 0.145. The summed E-state index contributed by atoms with van der Waals surface area (Å²) in [5, 5.41) is 12.9. The molecular formula is C34H35N3O2. The van der Waals surface area contributed by atoms with E-state index in [9.17, 15) is 10.1 Å². The lowest BCUT2D eigenvalue weighted by molar-refractivity contribution is -0.139. The number of ether oxygens (including phenoxy) is 1. The van der Waals surface area contributed by atoms with Crippen LogP contribution in [0.4, 0.5) is 5.69 Å². The zero-order valence-electron chi connectivity index (χ0n) is 23.1. The van der Waals surface area contributed by atoms with Gasteiger partial charge in [0.1, 0.15) is 11.2 Å². The molecule has 1 aliphatic heterocycles. The van der Waals surface area contributed by atoms with Gasteiger partial charge >= 0.3 is 0 Å². The molecule has 0 bridgehead atoms. The normalized spacial score (nSPS) is 15.9. The highest BCUT2D eigenvalue weighted by Gasteiger charge is 2.47. The van der Waals surface area contributed by atoms with E-state index in [4.69, 9.17) is 4.74 Å². The number of nitriles is 1. The number of carbonyl (C=O) groups is 1. The molecule has 1 unspecified atom stereocenters. The number of hydrogen-bond donors (Lipinski definition) is 0. The molecular weight excluding hydrogens is 482 g/mol. The molecule has 1 aliphatic rings. The van der Waals surface area contributed by atoms with Crippen LogP contribution in [0.5, 0.6) is 5.75 Å². The standard InChI is InChI=1S/C34H35N3O2/c1-24-16-17-27(22-25(24)2)36-18-20-37(21-19-36)33(38)34(3,23-35)32(30-13-7-8-15-31(30)39-4)29-14-9-11-26-10-5-6-12-28(26)29/h5-17,22,32H,18-21H2,1-4H3/t32-,34?/m0/s1. The zero-order chi connectivity index (χ0) is 27.6. The molecule has 1 heterocycles. The molecule has 5 heteroatoms. The molecule has 0 radical (unpaired) electrons. The van der Waals surface area contributed by atoms with Crippen molar-refractivity contribution in [3.8, 4) is 11.8 Å². The fraction of sp³-hybridized carbons (Fsp3) is 0.294. The molecule has 39 heavy (non-hydrogen) atoms. The summed E-state index contributed by atoms with van der Waals surface area (Å²) in [5.41, 5.74) is 4.15. The molecule has 0 aromatic heterocycles. The van der Waals surface area contributed by atoms with Crippen molar-refractivity contribution < 1.29 is 9.53 Å². The van der Waals surface area contributed by atoms with E-state index >= 15 is 0 Å². The van der Waals surface area contributed by atoms with Gasteiger partial charge in [0.2, 0.25) is 5.91 Å². The highest BCUT2D eigenvalue weighted by molar-refractivity contribution is 5.91. The maximum absolute atomic E-state index is 14.4. The summed E-state index contributed by atoms with van der Waals surface area (Å²) < 4.78 is 5.76. The molecule has 4 aromatic rings. The fourth-order valence-electron chi connectivity index (χ4n) is 5.85. The predicted octanol–water partition coefficient (Wildman–Crippen LogP) is 6.48. The number of nitrogens with zero attached hydrogens (tertiary/aromatic N) is 3. The van der Waals surface area contributed by atoms with Crippen molar-refractivity contribution in [3.63, 3.8) is 0 Å². The maximum atomic E-state index is 14.4. The van der Waals surface area contributed by atoms with Gasteiger partial charge in [-0.25, -0.2) is 0 Å².